The zero-order chi connectivity index (χ0) is 14.2. The van der Waals surface area contributed by atoms with Gasteiger partial charge in [0.25, 0.3) is 0 Å². The van der Waals surface area contributed by atoms with Gasteiger partial charge in [-0.1, -0.05) is 90.9 Å². The highest BCUT2D eigenvalue weighted by Gasteiger charge is 2.34. The van der Waals surface area contributed by atoms with Crippen molar-refractivity contribution < 1.29 is 0 Å². The van der Waals surface area contributed by atoms with Crippen molar-refractivity contribution in [2.75, 3.05) is 0 Å². The molecule has 2 aliphatic carbocycles. The van der Waals surface area contributed by atoms with Crippen LogP contribution < -0.4 is 0 Å². The highest BCUT2D eigenvalue weighted by molar-refractivity contribution is 4.85. The molecule has 2 saturated carbocycles. The average molecular weight is 279 g/mol. The number of hydrogen-bond acceptors (Lipinski definition) is 0. The highest BCUT2D eigenvalue weighted by atomic mass is 14.4. The van der Waals surface area contributed by atoms with Crippen LogP contribution in [0.1, 0.15) is 104 Å². The van der Waals surface area contributed by atoms with E-state index in [0.29, 0.717) is 0 Å². The van der Waals surface area contributed by atoms with Gasteiger partial charge in [0.15, 0.2) is 0 Å². The quantitative estimate of drug-likeness (QED) is 0.511. The van der Waals surface area contributed by atoms with E-state index >= 15 is 0 Å². The first-order chi connectivity index (χ1) is 9.85. The van der Waals surface area contributed by atoms with Gasteiger partial charge in [-0.2, -0.15) is 0 Å². The van der Waals surface area contributed by atoms with Gasteiger partial charge >= 0.3 is 0 Å². The Kier molecular flexibility index (Phi) is 7.45. The maximum atomic E-state index is 2.43. The van der Waals surface area contributed by atoms with E-state index in [0.717, 1.165) is 23.7 Å². The van der Waals surface area contributed by atoms with Crippen LogP contribution in [0.4, 0.5) is 0 Å². The van der Waals surface area contributed by atoms with Crippen LogP contribution in [-0.4, -0.2) is 0 Å². The first kappa shape index (κ1) is 16.4. The summed E-state index contributed by atoms with van der Waals surface area (Å²) in [6.45, 7) is 4.87. The monoisotopic (exact) mass is 278 g/mol. The molecular formula is C20H38. The molecule has 2 aliphatic rings. The maximum Gasteiger partial charge on any atom is -0.0383 e. The molecule has 0 radical (unpaired) electrons. The number of rotatable bonds is 2. The second-order valence-corrected chi connectivity index (χ2v) is 7.73. The molecule has 0 nitrogen and oxygen atoms in total. The van der Waals surface area contributed by atoms with Crippen LogP contribution in [0.2, 0.25) is 0 Å². The molecule has 0 saturated heterocycles. The normalized spacial score (nSPS) is 37.5. The molecule has 0 bridgehead atoms. The molecule has 0 aromatic carbocycles. The lowest BCUT2D eigenvalue weighted by Gasteiger charge is -2.42. The molecule has 2 fully saturated rings. The second-order valence-electron chi connectivity index (χ2n) is 7.73. The summed E-state index contributed by atoms with van der Waals surface area (Å²) in [5.74, 6) is 4.27. The zero-order valence-electron chi connectivity index (χ0n) is 14.2. The first-order valence-electron chi connectivity index (χ1n) is 9.85. The van der Waals surface area contributed by atoms with Crippen LogP contribution in [0, 0.1) is 23.7 Å². The third kappa shape index (κ3) is 4.78. The number of hydrogen-bond donors (Lipinski definition) is 0. The molecule has 0 heteroatoms. The van der Waals surface area contributed by atoms with E-state index in [1.165, 1.54) is 64.2 Å². The Balaban J connectivity index is 1.92. The van der Waals surface area contributed by atoms with E-state index in [1.54, 1.807) is 25.7 Å². The fourth-order valence-corrected chi connectivity index (χ4v) is 5.13. The molecule has 0 spiro atoms. The lowest BCUT2D eigenvalue weighted by atomic mass is 9.64. The lowest BCUT2D eigenvalue weighted by molar-refractivity contribution is 0.0898. The third-order valence-electron chi connectivity index (χ3n) is 6.49. The summed E-state index contributed by atoms with van der Waals surface area (Å²) >= 11 is 0. The summed E-state index contributed by atoms with van der Waals surface area (Å²) in [5, 5.41) is 0. The second kappa shape index (κ2) is 9.11. The summed E-state index contributed by atoms with van der Waals surface area (Å²) in [7, 11) is 0. The van der Waals surface area contributed by atoms with Crippen LogP contribution in [0.15, 0.2) is 0 Å². The topological polar surface area (TPSA) is 0 Å². The molecule has 0 N–H and O–H groups in total. The van der Waals surface area contributed by atoms with Crippen LogP contribution >= 0.6 is 0 Å². The standard InChI is InChI=1S/C20H38/c1-3-17-15-19-13-11-9-7-5-6-8-10-12-14-20(19)16-18(17)4-2/h17-20H,3-16H2,1-2H3. The summed E-state index contributed by atoms with van der Waals surface area (Å²) in [6.07, 6.45) is 21.2. The van der Waals surface area contributed by atoms with E-state index in [-0.39, 0.29) is 0 Å². The van der Waals surface area contributed by atoms with Gasteiger partial charge in [0.1, 0.15) is 0 Å². The molecule has 4 unspecified atom stereocenters. The van der Waals surface area contributed by atoms with Crippen LogP contribution in [0.3, 0.4) is 0 Å². The summed E-state index contributed by atoms with van der Waals surface area (Å²) in [6, 6.07) is 0. The molecule has 0 aromatic rings. The van der Waals surface area contributed by atoms with E-state index in [2.05, 4.69) is 13.8 Å². The van der Waals surface area contributed by atoms with E-state index < -0.39 is 0 Å². The molecule has 4 atom stereocenters. The van der Waals surface area contributed by atoms with Gasteiger partial charge in [-0.3, -0.25) is 0 Å². The summed E-state index contributed by atoms with van der Waals surface area (Å²) in [5.41, 5.74) is 0. The van der Waals surface area contributed by atoms with Gasteiger partial charge in [-0.25, -0.2) is 0 Å². The average Bonchev–Trinajstić information content (AvgIpc) is 2.47. The van der Waals surface area contributed by atoms with Crippen molar-refractivity contribution in [3.05, 3.63) is 0 Å². The Hall–Kier alpha value is 0. The predicted octanol–water partition coefficient (Wildman–Crippen LogP) is 6.98. The summed E-state index contributed by atoms with van der Waals surface area (Å²) < 4.78 is 0. The van der Waals surface area contributed by atoms with Gasteiger partial charge in [-0.05, 0) is 36.5 Å². The Labute approximate surface area is 128 Å². The SMILES string of the molecule is CCC1CC2CCCCCCCCCCC2CC1CC. The Bertz CT molecular complexity index is 218. The van der Waals surface area contributed by atoms with Crippen molar-refractivity contribution in [2.45, 2.75) is 104 Å². The number of fused-ring (bicyclic) bond motifs is 1. The molecule has 2 rings (SSSR count). The fraction of sp³-hybridized carbons (Fsp3) is 1.00. The van der Waals surface area contributed by atoms with Gasteiger partial charge in [0.2, 0.25) is 0 Å². The molecular weight excluding hydrogens is 240 g/mol. The van der Waals surface area contributed by atoms with E-state index in [4.69, 9.17) is 0 Å². The van der Waals surface area contributed by atoms with Crippen molar-refractivity contribution in [2.24, 2.45) is 23.7 Å². The molecule has 20 heavy (non-hydrogen) atoms. The molecule has 0 aliphatic heterocycles. The van der Waals surface area contributed by atoms with Gasteiger partial charge < -0.3 is 0 Å². The van der Waals surface area contributed by atoms with Crippen molar-refractivity contribution in [1.82, 2.24) is 0 Å². The third-order valence-corrected chi connectivity index (χ3v) is 6.49. The Morgan fingerprint density at radius 2 is 0.900 bits per heavy atom. The highest BCUT2D eigenvalue weighted by Crippen LogP contribution is 2.45. The van der Waals surface area contributed by atoms with Crippen molar-refractivity contribution >= 4 is 0 Å². The smallest absolute Gasteiger partial charge is 0.0383 e. The first-order valence-corrected chi connectivity index (χ1v) is 9.85. The minimum absolute atomic E-state index is 1.05. The Morgan fingerprint density at radius 3 is 1.25 bits per heavy atom. The van der Waals surface area contributed by atoms with Gasteiger partial charge in [0, 0.05) is 0 Å². The molecule has 118 valence electrons. The molecule has 0 aromatic heterocycles. The predicted molar refractivity (Wildman–Crippen MR) is 89.9 cm³/mol. The van der Waals surface area contributed by atoms with Crippen LogP contribution in [0.25, 0.3) is 0 Å². The zero-order valence-corrected chi connectivity index (χ0v) is 14.2. The van der Waals surface area contributed by atoms with Gasteiger partial charge in [0.05, 0.1) is 0 Å². The summed E-state index contributed by atoms with van der Waals surface area (Å²) in [4.78, 5) is 0. The maximum absolute atomic E-state index is 2.43. The van der Waals surface area contributed by atoms with Crippen molar-refractivity contribution in [3.8, 4) is 0 Å². The van der Waals surface area contributed by atoms with Crippen LogP contribution in [0.5, 0.6) is 0 Å². The van der Waals surface area contributed by atoms with E-state index in [1.807, 2.05) is 0 Å². The molecule has 0 amide bonds. The molecule has 0 heterocycles. The van der Waals surface area contributed by atoms with Crippen LogP contribution in [-0.2, 0) is 0 Å². The minimum Gasteiger partial charge on any atom is -0.0651 e. The van der Waals surface area contributed by atoms with E-state index in [9.17, 15) is 0 Å². The van der Waals surface area contributed by atoms with Crippen molar-refractivity contribution in [1.29, 1.82) is 0 Å². The lowest BCUT2D eigenvalue weighted by Crippen LogP contribution is -2.31. The van der Waals surface area contributed by atoms with Crippen molar-refractivity contribution in [3.63, 3.8) is 0 Å². The van der Waals surface area contributed by atoms with Gasteiger partial charge in [-0.15, -0.1) is 0 Å². The Morgan fingerprint density at radius 1 is 0.550 bits per heavy atom. The minimum atomic E-state index is 1.05. The fourth-order valence-electron chi connectivity index (χ4n) is 5.13. The largest absolute Gasteiger partial charge is 0.0651 e.